The predicted molar refractivity (Wildman–Crippen MR) is 84.2 cm³/mol. The van der Waals surface area contributed by atoms with Crippen molar-refractivity contribution < 1.29 is 28.8 Å². The third-order valence-electron chi connectivity index (χ3n) is 4.81. The van der Waals surface area contributed by atoms with E-state index in [1.54, 1.807) is 19.4 Å². The second-order valence-electron chi connectivity index (χ2n) is 6.10. The van der Waals surface area contributed by atoms with Crippen LogP contribution in [-0.2, 0) is 35.3 Å². The van der Waals surface area contributed by atoms with Crippen LogP contribution in [0.2, 0.25) is 6.04 Å². The van der Waals surface area contributed by atoms with Gasteiger partial charge < -0.3 is 8.99 Å². The lowest BCUT2D eigenvalue weighted by molar-refractivity contribution is -0.135. The second kappa shape index (κ2) is 6.56. The first-order chi connectivity index (χ1) is 11.6. The van der Waals surface area contributed by atoms with E-state index >= 15 is 0 Å². The van der Waals surface area contributed by atoms with Crippen molar-refractivity contribution in [3.63, 3.8) is 0 Å². The molecule has 0 N–H and O–H groups in total. The van der Waals surface area contributed by atoms with Crippen molar-refractivity contribution >= 4 is 14.3 Å². The van der Waals surface area contributed by atoms with Gasteiger partial charge in [0.25, 0.3) is 16.8 Å². The van der Waals surface area contributed by atoms with Gasteiger partial charge >= 0.3 is 8.32 Å². The molecule has 0 radical (unpaired) electrons. The topological polar surface area (TPSA) is 94.2 Å². The average Bonchev–Trinajstić information content (AvgIpc) is 3.52. The Morgan fingerprint density at radius 3 is 2.21 bits per heavy atom. The van der Waals surface area contributed by atoms with E-state index in [9.17, 15) is 4.79 Å². The van der Waals surface area contributed by atoms with Crippen molar-refractivity contribution in [3.05, 3.63) is 18.7 Å². The van der Waals surface area contributed by atoms with Gasteiger partial charge in [0.15, 0.2) is 0 Å². The van der Waals surface area contributed by atoms with Gasteiger partial charge in [0.2, 0.25) is 0 Å². The Morgan fingerprint density at radius 1 is 1.17 bits per heavy atom. The van der Waals surface area contributed by atoms with E-state index < -0.39 is 19.1 Å². The van der Waals surface area contributed by atoms with Crippen LogP contribution in [0.4, 0.5) is 0 Å². The minimum atomic E-state index is -3.02. The van der Waals surface area contributed by atoms with Crippen LogP contribution in [0.25, 0.3) is 0 Å². The Bertz CT molecular complexity index is 551. The van der Waals surface area contributed by atoms with Crippen LogP contribution in [0.1, 0.15) is 46.5 Å². The van der Waals surface area contributed by atoms with Crippen molar-refractivity contribution in [2.24, 2.45) is 0 Å². The van der Waals surface area contributed by atoms with E-state index in [0.29, 0.717) is 18.9 Å². The molecule has 24 heavy (non-hydrogen) atoms. The van der Waals surface area contributed by atoms with Crippen molar-refractivity contribution in [1.82, 2.24) is 9.55 Å². The Morgan fingerprint density at radius 2 is 1.79 bits per heavy atom. The zero-order valence-corrected chi connectivity index (χ0v) is 15.3. The lowest BCUT2D eigenvalue weighted by Crippen LogP contribution is -2.65. The summed E-state index contributed by atoms with van der Waals surface area (Å²) in [6, 6.07) is 0.624. The van der Waals surface area contributed by atoms with Crippen LogP contribution in [0.3, 0.4) is 0 Å². The summed E-state index contributed by atoms with van der Waals surface area (Å²) in [6.07, 6.45) is 7.63. The molecule has 0 amide bonds. The van der Waals surface area contributed by atoms with Gasteiger partial charge in [0.1, 0.15) is 0 Å². The maximum Gasteiger partial charge on any atom is 0.391 e. The highest BCUT2D eigenvalue weighted by Crippen LogP contribution is 2.57. The average molecular weight is 356 g/mol. The molecule has 0 aromatic carbocycles. The van der Waals surface area contributed by atoms with Crippen molar-refractivity contribution in [2.45, 2.75) is 69.9 Å². The minimum absolute atomic E-state index is 0.275. The van der Waals surface area contributed by atoms with Gasteiger partial charge in [-0.2, -0.15) is 19.6 Å². The highest BCUT2D eigenvalue weighted by Gasteiger charge is 2.85. The van der Waals surface area contributed by atoms with E-state index in [1.807, 2.05) is 24.6 Å². The standard InChI is InChI=1S/C15H24N2O6Si/c1-4-13(18)19-24(14(5-2)20-21-14,15(6-3)22-23-15)11-7-9-17-10-8-16-12-17/h8,10,12H,4-7,9,11H2,1-3H3. The zero-order valence-electron chi connectivity index (χ0n) is 14.3. The fraction of sp³-hybridized carbons (Fsp3) is 0.733. The quantitative estimate of drug-likeness (QED) is 0.361. The van der Waals surface area contributed by atoms with Gasteiger partial charge in [-0.15, -0.1) is 0 Å². The van der Waals surface area contributed by atoms with Crippen LogP contribution in [-0.4, -0.2) is 34.7 Å². The summed E-state index contributed by atoms with van der Waals surface area (Å²) in [6.45, 7) is 6.44. The third kappa shape index (κ3) is 2.80. The molecule has 0 unspecified atom stereocenters. The third-order valence-corrected chi connectivity index (χ3v) is 9.95. The first-order valence-electron chi connectivity index (χ1n) is 8.48. The fourth-order valence-corrected chi connectivity index (χ4v) is 7.96. The summed E-state index contributed by atoms with van der Waals surface area (Å²) in [4.78, 5) is 37.7. The summed E-state index contributed by atoms with van der Waals surface area (Å²) >= 11 is 0. The lowest BCUT2D eigenvalue weighted by atomic mass is 10.4. The molecule has 134 valence electrons. The maximum absolute atomic E-state index is 12.2. The molecule has 2 saturated heterocycles. The Labute approximate surface area is 142 Å². The molecule has 0 aliphatic carbocycles. The predicted octanol–water partition coefficient (Wildman–Crippen LogP) is 2.39. The molecular weight excluding hydrogens is 332 g/mol. The molecule has 8 nitrogen and oxygen atoms in total. The van der Waals surface area contributed by atoms with E-state index in [1.165, 1.54) is 0 Å². The molecule has 9 heteroatoms. The molecule has 3 rings (SSSR count). The van der Waals surface area contributed by atoms with Crippen molar-refractivity contribution in [2.75, 3.05) is 0 Å². The van der Waals surface area contributed by atoms with Crippen LogP contribution in [0.15, 0.2) is 18.7 Å². The monoisotopic (exact) mass is 356 g/mol. The zero-order chi connectivity index (χ0) is 17.3. The summed E-state index contributed by atoms with van der Waals surface area (Å²) in [7, 11) is -3.02. The van der Waals surface area contributed by atoms with Gasteiger partial charge in [0.05, 0.1) is 6.33 Å². The van der Waals surface area contributed by atoms with Crippen LogP contribution in [0.5, 0.6) is 0 Å². The fourth-order valence-electron chi connectivity index (χ4n) is 3.25. The van der Waals surface area contributed by atoms with Crippen molar-refractivity contribution in [1.29, 1.82) is 0 Å². The first-order valence-corrected chi connectivity index (χ1v) is 10.6. The highest BCUT2D eigenvalue weighted by atomic mass is 28.4. The summed E-state index contributed by atoms with van der Waals surface area (Å²) in [5.41, 5.74) is -1.78. The Hall–Kier alpha value is -1.26. The Kier molecular flexibility index (Phi) is 4.80. The molecule has 1 aromatic heterocycles. The van der Waals surface area contributed by atoms with Gasteiger partial charge in [0, 0.05) is 38.2 Å². The van der Waals surface area contributed by atoms with Crippen LogP contribution >= 0.6 is 0 Å². The molecule has 2 fully saturated rings. The summed E-state index contributed by atoms with van der Waals surface area (Å²) < 4.78 is 8.01. The first kappa shape index (κ1) is 17.6. The van der Waals surface area contributed by atoms with E-state index in [2.05, 4.69) is 4.98 Å². The number of hydrogen-bond donors (Lipinski definition) is 0. The van der Waals surface area contributed by atoms with Crippen molar-refractivity contribution in [3.8, 4) is 0 Å². The molecule has 2 aliphatic rings. The number of aryl methyl sites for hydroxylation is 1. The number of carbonyl (C=O) groups excluding carboxylic acids is 1. The van der Waals surface area contributed by atoms with Crippen LogP contribution in [0, 0.1) is 0 Å². The number of nitrogens with zero attached hydrogens (tertiary/aromatic N) is 2. The number of aromatic nitrogens is 2. The second-order valence-corrected chi connectivity index (χ2v) is 9.99. The largest absolute Gasteiger partial charge is 0.507 e. The normalized spacial score (nSPS) is 20.6. The van der Waals surface area contributed by atoms with Gasteiger partial charge in [-0.3, -0.25) is 4.79 Å². The van der Waals surface area contributed by atoms with Crippen LogP contribution < -0.4 is 0 Å². The smallest absolute Gasteiger partial charge is 0.391 e. The molecule has 1 aromatic rings. The Balaban J connectivity index is 1.84. The van der Waals surface area contributed by atoms with Gasteiger partial charge in [-0.25, -0.2) is 4.98 Å². The molecule has 0 saturated carbocycles. The number of carbonyl (C=O) groups is 1. The lowest BCUT2D eigenvalue weighted by Gasteiger charge is -2.34. The summed E-state index contributed by atoms with van der Waals surface area (Å²) in [5.74, 6) is -0.275. The van der Waals surface area contributed by atoms with E-state index in [0.717, 1.165) is 13.0 Å². The molecular formula is C15H24N2O6Si. The number of imidazole rings is 1. The SMILES string of the molecule is CCC(=O)O[Si](CCCn1ccnc1)(C1(CC)OO1)C1(CC)OO1. The summed E-state index contributed by atoms with van der Waals surface area (Å²) in [5, 5.41) is 0. The van der Waals surface area contributed by atoms with E-state index in [-0.39, 0.29) is 12.4 Å². The van der Waals surface area contributed by atoms with E-state index in [4.69, 9.17) is 24.0 Å². The number of hydrogen-bond acceptors (Lipinski definition) is 7. The maximum atomic E-state index is 12.2. The highest BCUT2D eigenvalue weighted by molar-refractivity contribution is 6.80. The molecule has 3 heterocycles. The molecule has 0 spiro atoms. The number of rotatable bonds is 10. The van der Waals surface area contributed by atoms with Gasteiger partial charge in [-0.05, 0) is 12.5 Å². The molecule has 0 bridgehead atoms. The minimum Gasteiger partial charge on any atom is -0.507 e. The van der Waals surface area contributed by atoms with Gasteiger partial charge in [-0.1, -0.05) is 20.8 Å². The molecule has 0 atom stereocenters. The molecule has 2 aliphatic heterocycles.